The summed E-state index contributed by atoms with van der Waals surface area (Å²) in [5.74, 6) is 0. The molecule has 62 valence electrons. The van der Waals surface area contributed by atoms with E-state index in [0.717, 1.165) is 0 Å². The van der Waals surface area contributed by atoms with Crippen LogP contribution in [0.4, 0.5) is 0 Å². The largest absolute Gasteiger partial charge is 0.252 e. The van der Waals surface area contributed by atoms with Crippen LogP contribution in [0.1, 0.15) is 0 Å². The fourth-order valence-corrected chi connectivity index (χ4v) is 0.277. The topological polar surface area (TPSA) is 119 Å². The normalized spacial score (nSPS) is 9.82. The van der Waals surface area contributed by atoms with Crippen molar-refractivity contribution in [2.24, 2.45) is 0 Å². The second kappa shape index (κ2) is 4.94. The van der Waals surface area contributed by atoms with E-state index in [2.05, 4.69) is 9.97 Å². The third kappa shape index (κ3) is 17.6. The van der Waals surface area contributed by atoms with Crippen LogP contribution in [0.2, 0.25) is 0 Å². The lowest BCUT2D eigenvalue weighted by Crippen LogP contribution is -2.68. The van der Waals surface area contributed by atoms with Crippen LogP contribution in [0.25, 0.3) is 0 Å². The van der Waals surface area contributed by atoms with Gasteiger partial charge in [-0.3, -0.25) is 4.98 Å². The number of nitrogens with zero attached hydrogens (tertiary/aromatic N) is 1. The Kier molecular flexibility index (Phi) is 4.59. The molecule has 1 aromatic heterocycles. The van der Waals surface area contributed by atoms with E-state index in [1.165, 1.54) is 0 Å². The van der Waals surface area contributed by atoms with Gasteiger partial charge < -0.3 is 0 Å². The minimum atomic E-state index is -4.94. The Hall–Kier alpha value is -0.790. The zero-order valence-corrected chi connectivity index (χ0v) is 6.02. The number of hydrogen-bond donors (Lipinski definition) is 0. The Balaban J connectivity index is 0.000000187. The Bertz CT molecular complexity index is 144. The number of rotatable bonds is 0. The molecule has 1 heterocycles. The van der Waals surface area contributed by atoms with Gasteiger partial charge >= 0.3 is 0 Å². The van der Waals surface area contributed by atoms with E-state index in [-0.39, 0.29) is 0 Å². The van der Waals surface area contributed by atoms with Crippen molar-refractivity contribution >= 4 is 0 Å². The molecule has 0 aliphatic rings. The predicted molar refractivity (Wildman–Crippen MR) is 20.8 cm³/mol. The summed E-state index contributed by atoms with van der Waals surface area (Å²) < 4.78 is 34.0. The summed E-state index contributed by atoms with van der Waals surface area (Å²) in [7, 11) is -4.94. The Morgan fingerprint density at radius 3 is 1.45 bits per heavy atom. The van der Waals surface area contributed by atoms with Crippen LogP contribution in [0.15, 0.2) is 24.8 Å². The summed E-state index contributed by atoms with van der Waals surface area (Å²) in [6, 6.07) is 0. The third-order valence-corrected chi connectivity index (χ3v) is 0.514. The van der Waals surface area contributed by atoms with Crippen molar-refractivity contribution in [1.29, 1.82) is 0 Å². The molecule has 0 saturated heterocycles. The van der Waals surface area contributed by atoms with Crippen molar-refractivity contribution in [2.45, 2.75) is 0 Å². The average Bonchev–Trinajstić information content (AvgIpc) is 1.88. The molecular weight excluding hydrogens is 176 g/mol. The van der Waals surface area contributed by atoms with Gasteiger partial charge in [-0.25, -0.2) is 23.6 Å². The van der Waals surface area contributed by atoms with Crippen LogP contribution in [0.5, 0.6) is 0 Å². The molecule has 0 fully saturated rings. The van der Waals surface area contributed by atoms with E-state index in [1.54, 1.807) is 24.8 Å². The summed E-state index contributed by atoms with van der Waals surface area (Å²) in [4.78, 5) is 6.58. The molecule has 0 aliphatic heterocycles. The van der Waals surface area contributed by atoms with Crippen LogP contribution in [0.3, 0.4) is 0 Å². The highest BCUT2D eigenvalue weighted by molar-refractivity contribution is 4.60. The Morgan fingerprint density at radius 1 is 1.00 bits per heavy atom. The first-order valence-corrected chi connectivity index (χ1v) is 3.61. The lowest BCUT2D eigenvalue weighted by molar-refractivity contribution is -2.00. The van der Waals surface area contributed by atoms with E-state index >= 15 is 0 Å². The molecule has 0 bridgehead atoms. The van der Waals surface area contributed by atoms with E-state index < -0.39 is 10.2 Å². The molecular formula is C4H5ClN2O4. The van der Waals surface area contributed by atoms with Crippen LogP contribution in [0, 0.1) is 10.2 Å². The molecule has 0 aromatic carbocycles. The fourth-order valence-electron chi connectivity index (χ4n) is 0.277. The van der Waals surface area contributed by atoms with Gasteiger partial charge in [-0.05, 0) is 0 Å². The maximum Gasteiger partial charge on any atom is 0.185 e. The van der Waals surface area contributed by atoms with Gasteiger partial charge in [0.15, 0.2) is 12.4 Å². The van der Waals surface area contributed by atoms with E-state index in [4.69, 9.17) is 18.6 Å². The minimum Gasteiger partial charge on any atom is -0.252 e. The summed E-state index contributed by atoms with van der Waals surface area (Å²) >= 11 is 0. The molecule has 0 amide bonds. The highest BCUT2D eigenvalue weighted by atomic mass is 35.7. The van der Waals surface area contributed by atoms with Gasteiger partial charge in [0.1, 0.15) is 0 Å². The van der Waals surface area contributed by atoms with Crippen molar-refractivity contribution in [3.05, 3.63) is 24.8 Å². The number of aromatic amines is 1. The van der Waals surface area contributed by atoms with Crippen LogP contribution >= 0.6 is 0 Å². The monoisotopic (exact) mass is 180 g/mol. The SMILES string of the molecule is [O-][Cl+3]([O-])([O-])[O-].c1c[nH+]ccn1. The summed E-state index contributed by atoms with van der Waals surface area (Å²) in [5, 5.41) is 0. The summed E-state index contributed by atoms with van der Waals surface area (Å²) in [5.41, 5.74) is 0. The van der Waals surface area contributed by atoms with Gasteiger partial charge in [-0.1, -0.05) is 0 Å². The number of hydrogen-bond acceptors (Lipinski definition) is 5. The van der Waals surface area contributed by atoms with Gasteiger partial charge in [0.25, 0.3) is 0 Å². The zero-order chi connectivity index (χ0) is 8.74. The lowest BCUT2D eigenvalue weighted by atomic mass is 10.8. The number of aromatic nitrogens is 2. The van der Waals surface area contributed by atoms with E-state index in [0.29, 0.717) is 0 Å². The van der Waals surface area contributed by atoms with Gasteiger partial charge in [0.2, 0.25) is 0 Å². The molecule has 1 aromatic rings. The number of halogens is 1. The molecule has 11 heavy (non-hydrogen) atoms. The molecule has 0 spiro atoms. The summed E-state index contributed by atoms with van der Waals surface area (Å²) in [6.07, 6.45) is 6.92. The van der Waals surface area contributed by atoms with Gasteiger partial charge in [-0.15, -0.1) is 10.2 Å². The van der Waals surface area contributed by atoms with E-state index in [9.17, 15) is 0 Å². The lowest BCUT2D eigenvalue weighted by Gasteiger charge is -2.17. The van der Waals surface area contributed by atoms with Crippen molar-refractivity contribution in [3.63, 3.8) is 0 Å². The molecule has 7 heteroatoms. The molecule has 1 rings (SSSR count). The standard InChI is InChI=1S/C4H4N2.ClHO4/c1-2-6-4-3-5-1;2-1(3,4)5/h1-4H;(H,2,3,4,5). The zero-order valence-electron chi connectivity index (χ0n) is 5.27. The van der Waals surface area contributed by atoms with E-state index in [1.807, 2.05) is 0 Å². The maximum absolute atomic E-state index is 8.49. The first kappa shape index (κ1) is 10.2. The first-order chi connectivity index (χ1) is 5.00. The highest BCUT2D eigenvalue weighted by Crippen LogP contribution is 1.58. The first-order valence-electron chi connectivity index (χ1n) is 2.38. The molecule has 0 aliphatic carbocycles. The highest BCUT2D eigenvalue weighted by Gasteiger charge is 1.84. The maximum atomic E-state index is 8.49. The quantitative estimate of drug-likeness (QED) is 0.397. The minimum absolute atomic E-state index is 1.69. The second-order valence-corrected chi connectivity index (χ2v) is 2.08. The molecule has 0 unspecified atom stereocenters. The Labute approximate surface area is 64.5 Å². The predicted octanol–water partition coefficient (Wildman–Crippen LogP) is -4.86. The Morgan fingerprint density at radius 2 is 1.36 bits per heavy atom. The van der Waals surface area contributed by atoms with Crippen LogP contribution < -0.4 is 23.6 Å². The van der Waals surface area contributed by atoms with Crippen LogP contribution in [-0.2, 0) is 0 Å². The molecule has 0 atom stereocenters. The van der Waals surface area contributed by atoms with Gasteiger partial charge in [0.05, 0.1) is 12.4 Å². The number of nitrogens with one attached hydrogen (secondary N) is 1. The summed E-state index contributed by atoms with van der Waals surface area (Å²) in [6.45, 7) is 0. The molecule has 0 radical (unpaired) electrons. The second-order valence-electron chi connectivity index (χ2n) is 1.33. The third-order valence-electron chi connectivity index (χ3n) is 0.514. The number of H-pyrrole nitrogens is 1. The smallest absolute Gasteiger partial charge is 0.185 e. The average molecular weight is 181 g/mol. The van der Waals surface area contributed by atoms with Crippen molar-refractivity contribution in [3.8, 4) is 0 Å². The molecule has 1 N–H and O–H groups in total. The fraction of sp³-hybridized carbons (Fsp3) is 0. The van der Waals surface area contributed by atoms with Gasteiger partial charge in [-0.2, -0.15) is 0 Å². The van der Waals surface area contributed by atoms with Crippen molar-refractivity contribution < 1.29 is 33.9 Å². The molecule has 0 saturated carbocycles. The van der Waals surface area contributed by atoms with Crippen molar-refractivity contribution in [2.75, 3.05) is 0 Å². The van der Waals surface area contributed by atoms with Crippen molar-refractivity contribution in [1.82, 2.24) is 4.98 Å². The van der Waals surface area contributed by atoms with Gasteiger partial charge in [0, 0.05) is 0 Å². The van der Waals surface area contributed by atoms with Crippen LogP contribution in [-0.4, -0.2) is 4.98 Å². The molecule has 6 nitrogen and oxygen atoms in total.